The Morgan fingerprint density at radius 2 is 2.24 bits per heavy atom. The van der Waals surface area contributed by atoms with E-state index in [0.717, 1.165) is 10.9 Å². The average Bonchev–Trinajstić information content (AvgIpc) is 2.78. The maximum absolute atomic E-state index is 13.1. The van der Waals surface area contributed by atoms with E-state index in [9.17, 15) is 9.18 Å². The molecule has 17 heavy (non-hydrogen) atoms. The van der Waals surface area contributed by atoms with Crippen molar-refractivity contribution in [1.82, 2.24) is 0 Å². The number of hydrogen-bond donors (Lipinski definition) is 1. The smallest absolute Gasteiger partial charge is 0.335 e. The van der Waals surface area contributed by atoms with Gasteiger partial charge in [-0.1, -0.05) is 6.07 Å². The molecule has 0 fully saturated rings. The summed E-state index contributed by atoms with van der Waals surface area (Å²) in [5.41, 5.74) is -0.119. The van der Waals surface area contributed by atoms with Crippen LogP contribution in [0.1, 0.15) is 15.2 Å². The van der Waals surface area contributed by atoms with Gasteiger partial charge in [0.2, 0.25) is 0 Å². The Balaban J connectivity index is 2.13. The predicted molar refractivity (Wildman–Crippen MR) is 62.0 cm³/mol. The van der Waals surface area contributed by atoms with Crippen molar-refractivity contribution in [3.8, 4) is 5.75 Å². The van der Waals surface area contributed by atoms with E-state index in [1.807, 2.05) is 17.5 Å². The molecule has 3 nitrogen and oxygen atoms in total. The third kappa shape index (κ3) is 3.04. The average molecular weight is 252 g/mol. The Morgan fingerprint density at radius 3 is 2.88 bits per heavy atom. The lowest BCUT2D eigenvalue weighted by molar-refractivity contribution is 0.0695. The number of aromatic carboxylic acids is 1. The zero-order chi connectivity index (χ0) is 12.3. The van der Waals surface area contributed by atoms with E-state index < -0.39 is 11.8 Å². The van der Waals surface area contributed by atoms with Crippen molar-refractivity contribution in [1.29, 1.82) is 0 Å². The zero-order valence-electron chi connectivity index (χ0n) is 8.72. The molecular formula is C12H9FO3S. The molecule has 0 bridgehead atoms. The van der Waals surface area contributed by atoms with Gasteiger partial charge in [0.05, 0.1) is 5.56 Å². The molecule has 88 valence electrons. The number of benzene rings is 1. The van der Waals surface area contributed by atoms with Crippen LogP contribution in [0.15, 0.2) is 35.7 Å². The molecular weight excluding hydrogens is 243 g/mol. The number of carboxylic acids is 1. The standard InChI is InChI=1S/C12H9FO3S/c13-9-4-8(12(14)15)5-10(6-9)16-7-11-2-1-3-17-11/h1-6H,7H2,(H,14,15). The lowest BCUT2D eigenvalue weighted by Crippen LogP contribution is -1.99. The maximum Gasteiger partial charge on any atom is 0.335 e. The highest BCUT2D eigenvalue weighted by Crippen LogP contribution is 2.19. The first kappa shape index (κ1) is 11.6. The van der Waals surface area contributed by atoms with E-state index in [1.54, 1.807) is 0 Å². The van der Waals surface area contributed by atoms with Gasteiger partial charge in [-0.05, 0) is 23.6 Å². The van der Waals surface area contributed by atoms with Crippen LogP contribution in [0.2, 0.25) is 0 Å². The maximum atomic E-state index is 13.1. The molecule has 2 aromatic rings. The molecule has 0 aliphatic rings. The minimum absolute atomic E-state index is 0.119. The quantitative estimate of drug-likeness (QED) is 0.909. The summed E-state index contributed by atoms with van der Waals surface area (Å²) in [6.07, 6.45) is 0. The van der Waals surface area contributed by atoms with Crippen LogP contribution in [0.3, 0.4) is 0 Å². The van der Waals surface area contributed by atoms with Gasteiger partial charge >= 0.3 is 5.97 Å². The van der Waals surface area contributed by atoms with E-state index in [1.165, 1.54) is 23.5 Å². The fraction of sp³-hybridized carbons (Fsp3) is 0.0833. The predicted octanol–water partition coefficient (Wildman–Crippen LogP) is 3.16. The molecule has 0 saturated heterocycles. The number of halogens is 1. The van der Waals surface area contributed by atoms with Crippen LogP contribution in [-0.4, -0.2) is 11.1 Å². The van der Waals surface area contributed by atoms with Crippen molar-refractivity contribution in [2.24, 2.45) is 0 Å². The summed E-state index contributed by atoms with van der Waals surface area (Å²) in [6.45, 7) is 0.306. The molecule has 1 aromatic carbocycles. The highest BCUT2D eigenvalue weighted by molar-refractivity contribution is 7.09. The molecule has 1 aromatic heterocycles. The molecule has 0 aliphatic carbocycles. The summed E-state index contributed by atoms with van der Waals surface area (Å²) < 4.78 is 18.4. The molecule has 0 aliphatic heterocycles. The van der Waals surface area contributed by atoms with Gasteiger partial charge < -0.3 is 9.84 Å². The topological polar surface area (TPSA) is 46.5 Å². The Kier molecular flexibility index (Phi) is 3.39. The Hall–Kier alpha value is -1.88. The van der Waals surface area contributed by atoms with E-state index in [2.05, 4.69) is 0 Å². The highest BCUT2D eigenvalue weighted by atomic mass is 32.1. The van der Waals surface area contributed by atoms with Gasteiger partial charge in [-0.2, -0.15) is 0 Å². The number of rotatable bonds is 4. The fourth-order valence-electron chi connectivity index (χ4n) is 1.32. The van der Waals surface area contributed by atoms with Gasteiger partial charge in [0.1, 0.15) is 18.2 Å². The number of hydrogen-bond acceptors (Lipinski definition) is 3. The molecule has 0 spiro atoms. The number of ether oxygens (including phenoxy) is 1. The monoisotopic (exact) mass is 252 g/mol. The second-order valence-corrected chi connectivity index (χ2v) is 4.38. The number of carbonyl (C=O) groups is 1. The van der Waals surface area contributed by atoms with Crippen molar-refractivity contribution in [2.75, 3.05) is 0 Å². The third-order valence-electron chi connectivity index (χ3n) is 2.08. The second kappa shape index (κ2) is 4.97. The van der Waals surface area contributed by atoms with E-state index >= 15 is 0 Å². The largest absolute Gasteiger partial charge is 0.488 e. The molecule has 2 rings (SSSR count). The Bertz CT molecular complexity index is 523. The van der Waals surface area contributed by atoms with Crippen molar-refractivity contribution < 1.29 is 19.0 Å². The minimum Gasteiger partial charge on any atom is -0.488 e. The lowest BCUT2D eigenvalue weighted by atomic mass is 10.2. The summed E-state index contributed by atoms with van der Waals surface area (Å²) in [7, 11) is 0. The molecule has 1 heterocycles. The van der Waals surface area contributed by atoms with E-state index in [-0.39, 0.29) is 11.3 Å². The minimum atomic E-state index is -1.18. The van der Waals surface area contributed by atoms with Crippen LogP contribution in [-0.2, 0) is 6.61 Å². The summed E-state index contributed by atoms with van der Waals surface area (Å²) in [5.74, 6) is -1.58. The lowest BCUT2D eigenvalue weighted by Gasteiger charge is -2.05. The van der Waals surface area contributed by atoms with Crippen molar-refractivity contribution in [3.63, 3.8) is 0 Å². The van der Waals surface area contributed by atoms with E-state index in [4.69, 9.17) is 9.84 Å². The molecule has 0 radical (unpaired) electrons. The second-order valence-electron chi connectivity index (χ2n) is 3.35. The Labute approximate surface area is 101 Å². The van der Waals surface area contributed by atoms with Crippen LogP contribution in [0.4, 0.5) is 4.39 Å². The van der Waals surface area contributed by atoms with Crippen LogP contribution < -0.4 is 4.74 Å². The van der Waals surface area contributed by atoms with E-state index in [0.29, 0.717) is 6.61 Å². The first-order valence-corrected chi connectivity index (χ1v) is 5.72. The number of thiophene rings is 1. The molecule has 0 amide bonds. The summed E-state index contributed by atoms with van der Waals surface area (Å²) >= 11 is 1.52. The normalized spacial score (nSPS) is 10.2. The first-order valence-electron chi connectivity index (χ1n) is 4.84. The zero-order valence-corrected chi connectivity index (χ0v) is 9.54. The third-order valence-corrected chi connectivity index (χ3v) is 2.93. The van der Waals surface area contributed by atoms with Crippen LogP contribution >= 0.6 is 11.3 Å². The summed E-state index contributed by atoms with van der Waals surface area (Å²) in [6, 6.07) is 7.21. The van der Waals surface area contributed by atoms with Crippen LogP contribution in [0.25, 0.3) is 0 Å². The summed E-state index contributed by atoms with van der Waals surface area (Å²) in [4.78, 5) is 11.7. The summed E-state index contributed by atoms with van der Waals surface area (Å²) in [5, 5.41) is 10.7. The van der Waals surface area contributed by atoms with Crippen molar-refractivity contribution >= 4 is 17.3 Å². The van der Waals surface area contributed by atoms with Crippen LogP contribution in [0, 0.1) is 5.82 Å². The van der Waals surface area contributed by atoms with Gasteiger partial charge in [0.15, 0.2) is 0 Å². The van der Waals surface area contributed by atoms with Gasteiger partial charge in [-0.25, -0.2) is 9.18 Å². The Morgan fingerprint density at radius 1 is 1.41 bits per heavy atom. The first-order chi connectivity index (χ1) is 8.15. The SMILES string of the molecule is O=C(O)c1cc(F)cc(OCc2cccs2)c1. The molecule has 1 N–H and O–H groups in total. The van der Waals surface area contributed by atoms with Gasteiger partial charge in [-0.15, -0.1) is 11.3 Å². The van der Waals surface area contributed by atoms with Crippen molar-refractivity contribution in [2.45, 2.75) is 6.61 Å². The van der Waals surface area contributed by atoms with Gasteiger partial charge in [-0.3, -0.25) is 0 Å². The number of carboxylic acid groups (broad SMARTS) is 1. The van der Waals surface area contributed by atoms with Gasteiger partial charge in [0, 0.05) is 10.9 Å². The molecule has 0 unspecified atom stereocenters. The highest BCUT2D eigenvalue weighted by Gasteiger charge is 2.08. The molecule has 0 atom stereocenters. The van der Waals surface area contributed by atoms with Crippen molar-refractivity contribution in [3.05, 3.63) is 52.0 Å². The molecule has 5 heteroatoms. The molecule has 0 saturated carbocycles. The van der Waals surface area contributed by atoms with Gasteiger partial charge in [0.25, 0.3) is 0 Å². The van der Waals surface area contributed by atoms with Crippen LogP contribution in [0.5, 0.6) is 5.75 Å². The fourth-order valence-corrected chi connectivity index (χ4v) is 1.93.